The van der Waals surface area contributed by atoms with E-state index in [9.17, 15) is 9.59 Å². The average Bonchev–Trinajstić information content (AvgIpc) is 3.28. The number of nitrogens with two attached hydrogens (primary N) is 1. The highest BCUT2D eigenvalue weighted by Crippen LogP contribution is 2.25. The molecule has 0 fully saturated rings. The van der Waals surface area contributed by atoms with Crippen molar-refractivity contribution in [1.29, 1.82) is 0 Å². The molecule has 0 saturated carbocycles. The van der Waals surface area contributed by atoms with Crippen molar-refractivity contribution < 1.29 is 4.42 Å². The van der Waals surface area contributed by atoms with Crippen LogP contribution >= 0.6 is 11.8 Å². The molecule has 0 saturated heterocycles. The summed E-state index contributed by atoms with van der Waals surface area (Å²) in [4.78, 5) is 31.1. The van der Waals surface area contributed by atoms with Gasteiger partial charge in [0.1, 0.15) is 0 Å². The zero-order valence-corrected chi connectivity index (χ0v) is 15.8. The Bertz CT molecular complexity index is 1240. The SMILES string of the molecule is Cc1[nH]c(=O)[nH]c(=O)c1CSc1nnc(C(N)Cc2c[nH]c3ccccc23)o1. The van der Waals surface area contributed by atoms with Gasteiger partial charge in [-0.15, -0.1) is 10.2 Å². The fraction of sp³-hybridized carbons (Fsp3) is 0.222. The van der Waals surface area contributed by atoms with Gasteiger partial charge in [-0.05, 0) is 25.0 Å². The van der Waals surface area contributed by atoms with Crippen molar-refractivity contribution in [3.8, 4) is 0 Å². The van der Waals surface area contributed by atoms with Crippen molar-refractivity contribution in [3.05, 3.63) is 74.0 Å². The van der Waals surface area contributed by atoms with Crippen molar-refractivity contribution in [3.63, 3.8) is 0 Å². The topological polar surface area (TPSA) is 146 Å². The third-order valence-electron chi connectivity index (χ3n) is 4.45. The Morgan fingerprint density at radius 2 is 2.04 bits per heavy atom. The summed E-state index contributed by atoms with van der Waals surface area (Å²) in [5, 5.41) is 9.45. The van der Waals surface area contributed by atoms with E-state index >= 15 is 0 Å². The first-order chi connectivity index (χ1) is 13.5. The van der Waals surface area contributed by atoms with Crippen molar-refractivity contribution >= 4 is 22.7 Å². The second-order valence-electron chi connectivity index (χ2n) is 6.38. The summed E-state index contributed by atoms with van der Waals surface area (Å²) in [5.74, 6) is 0.622. The van der Waals surface area contributed by atoms with Gasteiger partial charge in [-0.2, -0.15) is 0 Å². The molecular formula is C18H18N6O3S. The van der Waals surface area contributed by atoms with E-state index in [0.29, 0.717) is 28.8 Å². The number of fused-ring (bicyclic) bond motifs is 1. The third kappa shape index (κ3) is 3.64. The number of aromatic amines is 3. The van der Waals surface area contributed by atoms with Crippen LogP contribution in [0.4, 0.5) is 0 Å². The normalized spacial score (nSPS) is 12.5. The van der Waals surface area contributed by atoms with Gasteiger partial charge in [-0.3, -0.25) is 9.78 Å². The van der Waals surface area contributed by atoms with Gasteiger partial charge in [0.25, 0.3) is 10.8 Å². The predicted octanol–water partition coefficient (Wildman–Crippen LogP) is 1.77. The standard InChI is InChI=1S/C18H18N6O3S/c1-9-12(15(25)22-17(26)21-9)8-28-18-24-23-16(27-18)13(19)6-10-7-20-14-5-3-2-4-11(10)14/h2-5,7,13,20H,6,8,19H2,1H3,(H2,21,22,25,26). The van der Waals surface area contributed by atoms with Crippen LogP contribution in [0.5, 0.6) is 0 Å². The largest absolute Gasteiger partial charge is 0.414 e. The Kier molecular flexibility index (Phi) is 4.88. The third-order valence-corrected chi connectivity index (χ3v) is 5.29. The molecule has 28 heavy (non-hydrogen) atoms. The lowest BCUT2D eigenvalue weighted by atomic mass is 10.1. The fourth-order valence-electron chi connectivity index (χ4n) is 2.99. The van der Waals surface area contributed by atoms with E-state index in [2.05, 4.69) is 25.1 Å². The number of nitrogens with one attached hydrogen (secondary N) is 3. The molecule has 144 valence electrons. The molecule has 4 rings (SSSR count). The highest BCUT2D eigenvalue weighted by molar-refractivity contribution is 7.98. The lowest BCUT2D eigenvalue weighted by Gasteiger charge is -2.06. The predicted molar refractivity (Wildman–Crippen MR) is 105 cm³/mol. The van der Waals surface area contributed by atoms with Crippen LogP contribution in [-0.2, 0) is 12.2 Å². The molecule has 0 aliphatic carbocycles. The molecule has 0 bridgehead atoms. The summed E-state index contributed by atoms with van der Waals surface area (Å²) in [6, 6.07) is 7.55. The average molecular weight is 398 g/mol. The van der Waals surface area contributed by atoms with Gasteiger partial charge in [0, 0.05) is 34.1 Å². The summed E-state index contributed by atoms with van der Waals surface area (Å²) in [5.41, 5.74) is 8.38. The van der Waals surface area contributed by atoms with Crippen LogP contribution in [0, 0.1) is 6.92 Å². The molecule has 1 unspecified atom stereocenters. The lowest BCUT2D eigenvalue weighted by molar-refractivity contribution is 0.385. The molecule has 10 heteroatoms. The quantitative estimate of drug-likeness (QED) is 0.362. The van der Waals surface area contributed by atoms with E-state index < -0.39 is 17.3 Å². The molecule has 3 heterocycles. The van der Waals surface area contributed by atoms with E-state index in [1.807, 2.05) is 30.5 Å². The highest BCUT2D eigenvalue weighted by atomic mass is 32.2. The maximum atomic E-state index is 11.9. The minimum atomic E-state index is -0.528. The number of aryl methyl sites for hydroxylation is 1. The van der Waals surface area contributed by atoms with Crippen molar-refractivity contribution in [2.75, 3.05) is 0 Å². The van der Waals surface area contributed by atoms with Crippen LogP contribution < -0.4 is 17.0 Å². The van der Waals surface area contributed by atoms with Gasteiger partial charge < -0.3 is 20.1 Å². The van der Waals surface area contributed by atoms with Crippen molar-refractivity contribution in [1.82, 2.24) is 25.1 Å². The minimum Gasteiger partial charge on any atom is -0.414 e. The first-order valence-electron chi connectivity index (χ1n) is 8.60. The fourth-order valence-corrected chi connectivity index (χ4v) is 3.85. The smallest absolute Gasteiger partial charge is 0.325 e. The molecule has 0 radical (unpaired) electrons. The first-order valence-corrected chi connectivity index (χ1v) is 9.58. The minimum absolute atomic E-state index is 0.289. The van der Waals surface area contributed by atoms with Crippen LogP contribution in [0.25, 0.3) is 10.9 Å². The monoisotopic (exact) mass is 398 g/mol. The number of hydrogen-bond donors (Lipinski definition) is 4. The maximum Gasteiger partial charge on any atom is 0.325 e. The van der Waals surface area contributed by atoms with E-state index in [0.717, 1.165) is 16.5 Å². The molecular weight excluding hydrogens is 380 g/mol. The van der Waals surface area contributed by atoms with Crippen LogP contribution in [0.3, 0.4) is 0 Å². The summed E-state index contributed by atoms with van der Waals surface area (Å²) >= 11 is 1.21. The number of aromatic nitrogens is 5. The summed E-state index contributed by atoms with van der Waals surface area (Å²) in [6.45, 7) is 1.67. The Balaban J connectivity index is 1.45. The molecule has 1 aromatic carbocycles. The summed E-state index contributed by atoms with van der Waals surface area (Å²) in [7, 11) is 0. The zero-order chi connectivity index (χ0) is 19.7. The van der Waals surface area contributed by atoms with Gasteiger partial charge in [-0.25, -0.2) is 4.79 Å². The van der Waals surface area contributed by atoms with E-state index in [-0.39, 0.29) is 5.75 Å². The summed E-state index contributed by atoms with van der Waals surface area (Å²) in [6.07, 6.45) is 2.48. The number of hydrogen-bond acceptors (Lipinski definition) is 7. The number of nitrogens with zero attached hydrogens (tertiary/aromatic N) is 2. The Morgan fingerprint density at radius 1 is 1.21 bits per heavy atom. The van der Waals surface area contributed by atoms with Gasteiger partial charge in [0.15, 0.2) is 0 Å². The molecule has 4 aromatic rings. The second kappa shape index (κ2) is 7.49. The van der Waals surface area contributed by atoms with E-state index in [1.165, 1.54) is 11.8 Å². The van der Waals surface area contributed by atoms with Gasteiger partial charge in [0.2, 0.25) is 5.89 Å². The Hall–Kier alpha value is -3.11. The number of H-pyrrole nitrogens is 3. The van der Waals surface area contributed by atoms with Crippen LogP contribution in [0.1, 0.15) is 28.8 Å². The molecule has 5 N–H and O–H groups in total. The maximum absolute atomic E-state index is 11.9. The molecule has 1 atom stereocenters. The molecule has 0 spiro atoms. The van der Waals surface area contributed by atoms with Crippen molar-refractivity contribution in [2.24, 2.45) is 5.73 Å². The lowest BCUT2D eigenvalue weighted by Crippen LogP contribution is -2.26. The van der Waals surface area contributed by atoms with Crippen molar-refractivity contribution in [2.45, 2.75) is 30.4 Å². The Morgan fingerprint density at radius 3 is 2.86 bits per heavy atom. The number of rotatable bonds is 6. The molecule has 0 amide bonds. The number of para-hydroxylation sites is 1. The molecule has 0 aliphatic heterocycles. The molecule has 9 nitrogen and oxygen atoms in total. The Labute approximate surface area is 162 Å². The van der Waals surface area contributed by atoms with E-state index in [1.54, 1.807) is 6.92 Å². The zero-order valence-electron chi connectivity index (χ0n) is 15.0. The van der Waals surface area contributed by atoms with Gasteiger partial charge >= 0.3 is 5.69 Å². The number of benzene rings is 1. The van der Waals surface area contributed by atoms with Crippen LogP contribution in [-0.4, -0.2) is 25.1 Å². The van der Waals surface area contributed by atoms with Gasteiger partial charge in [0.05, 0.1) is 6.04 Å². The highest BCUT2D eigenvalue weighted by Gasteiger charge is 2.18. The van der Waals surface area contributed by atoms with Gasteiger partial charge in [-0.1, -0.05) is 30.0 Å². The summed E-state index contributed by atoms with van der Waals surface area (Å²) < 4.78 is 5.65. The molecule has 3 aromatic heterocycles. The van der Waals surface area contributed by atoms with Crippen LogP contribution in [0.15, 0.2) is 49.7 Å². The number of thioether (sulfide) groups is 1. The molecule has 0 aliphatic rings. The first kappa shape index (κ1) is 18.3. The van der Waals surface area contributed by atoms with Crippen LogP contribution in [0.2, 0.25) is 0 Å². The second-order valence-corrected chi connectivity index (χ2v) is 7.30. The van der Waals surface area contributed by atoms with E-state index in [4.69, 9.17) is 10.2 Å².